The van der Waals surface area contributed by atoms with Crippen LogP contribution in [0.25, 0.3) is 16.8 Å². The van der Waals surface area contributed by atoms with Crippen LogP contribution in [-0.2, 0) is 0 Å². The van der Waals surface area contributed by atoms with Gasteiger partial charge in [0.25, 0.3) is 0 Å². The molecule has 0 aliphatic rings. The van der Waals surface area contributed by atoms with Gasteiger partial charge in [-0.1, -0.05) is 30.3 Å². The molecular weight excluding hydrogens is 260 g/mol. The van der Waals surface area contributed by atoms with Crippen molar-refractivity contribution in [2.45, 2.75) is 0 Å². The Labute approximate surface area is 113 Å². The normalized spacial score (nSPS) is 10.5. The summed E-state index contributed by atoms with van der Waals surface area (Å²) in [5.41, 5.74) is 2.86. The monoisotopic (exact) mass is 270 g/mol. The van der Waals surface area contributed by atoms with E-state index in [1.807, 2.05) is 36.5 Å². The van der Waals surface area contributed by atoms with E-state index in [0.29, 0.717) is 4.88 Å². The van der Waals surface area contributed by atoms with Crippen molar-refractivity contribution in [3.05, 3.63) is 59.0 Å². The first-order valence-corrected chi connectivity index (χ1v) is 6.54. The molecule has 2 heterocycles. The Hall–Kier alpha value is -2.40. The summed E-state index contributed by atoms with van der Waals surface area (Å²) in [4.78, 5) is 11.2. The molecule has 0 saturated carbocycles. The number of aromatic carboxylic acids is 1. The van der Waals surface area contributed by atoms with Gasteiger partial charge in [0, 0.05) is 17.1 Å². The summed E-state index contributed by atoms with van der Waals surface area (Å²) >= 11 is 1.20. The lowest BCUT2D eigenvalue weighted by Crippen LogP contribution is -1.93. The molecule has 3 aromatic rings. The van der Waals surface area contributed by atoms with Crippen molar-refractivity contribution in [1.29, 1.82) is 0 Å². The van der Waals surface area contributed by atoms with Gasteiger partial charge in [-0.25, -0.2) is 9.48 Å². The lowest BCUT2D eigenvalue weighted by Gasteiger charge is -1.96. The van der Waals surface area contributed by atoms with E-state index in [-0.39, 0.29) is 0 Å². The van der Waals surface area contributed by atoms with Gasteiger partial charge in [0.05, 0.1) is 11.9 Å². The Morgan fingerprint density at radius 3 is 2.68 bits per heavy atom. The van der Waals surface area contributed by atoms with Crippen molar-refractivity contribution >= 4 is 17.3 Å². The van der Waals surface area contributed by atoms with Crippen LogP contribution in [0.3, 0.4) is 0 Å². The zero-order chi connectivity index (χ0) is 13.2. The standard InChI is InChI=1S/C14H10N2O2S/c17-14(18)13-6-12(9-19-13)16-8-11(7-15-16)10-4-2-1-3-5-10/h1-9H,(H,17,18). The largest absolute Gasteiger partial charge is 0.477 e. The van der Waals surface area contributed by atoms with Crippen LogP contribution in [-0.4, -0.2) is 20.9 Å². The van der Waals surface area contributed by atoms with Crippen LogP contribution in [0.2, 0.25) is 0 Å². The van der Waals surface area contributed by atoms with Crippen molar-refractivity contribution in [2.75, 3.05) is 0 Å². The second kappa shape index (κ2) is 4.70. The zero-order valence-corrected chi connectivity index (χ0v) is 10.7. The minimum atomic E-state index is -0.910. The molecule has 0 spiro atoms. The average Bonchev–Trinajstić information content (AvgIpc) is 3.09. The Morgan fingerprint density at radius 2 is 2.00 bits per heavy atom. The van der Waals surface area contributed by atoms with E-state index in [2.05, 4.69) is 5.10 Å². The van der Waals surface area contributed by atoms with Crippen molar-refractivity contribution in [2.24, 2.45) is 0 Å². The number of carboxylic acid groups (broad SMARTS) is 1. The van der Waals surface area contributed by atoms with E-state index in [1.165, 1.54) is 11.3 Å². The highest BCUT2D eigenvalue weighted by atomic mass is 32.1. The summed E-state index contributed by atoms with van der Waals surface area (Å²) in [6.45, 7) is 0. The molecule has 0 fully saturated rings. The molecule has 94 valence electrons. The van der Waals surface area contributed by atoms with Crippen LogP contribution in [0.15, 0.2) is 54.2 Å². The summed E-state index contributed by atoms with van der Waals surface area (Å²) in [5.74, 6) is -0.910. The number of hydrogen-bond acceptors (Lipinski definition) is 3. The molecule has 0 unspecified atom stereocenters. The Balaban J connectivity index is 1.94. The quantitative estimate of drug-likeness (QED) is 0.794. The molecule has 0 aliphatic heterocycles. The molecule has 0 atom stereocenters. The molecule has 0 radical (unpaired) electrons. The molecule has 0 bridgehead atoms. The van der Waals surface area contributed by atoms with Gasteiger partial charge in [-0.2, -0.15) is 5.10 Å². The molecule has 1 aromatic carbocycles. The zero-order valence-electron chi connectivity index (χ0n) is 9.85. The highest BCUT2D eigenvalue weighted by molar-refractivity contribution is 7.12. The molecule has 19 heavy (non-hydrogen) atoms. The molecule has 3 rings (SSSR count). The van der Waals surface area contributed by atoms with Gasteiger partial charge in [-0.05, 0) is 11.6 Å². The summed E-state index contributed by atoms with van der Waals surface area (Å²) in [6.07, 6.45) is 3.66. The third kappa shape index (κ3) is 2.28. The van der Waals surface area contributed by atoms with Crippen LogP contribution in [0.1, 0.15) is 9.67 Å². The van der Waals surface area contributed by atoms with Crippen LogP contribution in [0.4, 0.5) is 0 Å². The Morgan fingerprint density at radius 1 is 1.21 bits per heavy atom. The molecule has 5 heteroatoms. The predicted molar refractivity (Wildman–Crippen MR) is 73.8 cm³/mol. The first-order chi connectivity index (χ1) is 9.24. The van der Waals surface area contributed by atoms with Crippen LogP contribution < -0.4 is 0 Å². The van der Waals surface area contributed by atoms with Crippen molar-refractivity contribution in [3.8, 4) is 16.8 Å². The van der Waals surface area contributed by atoms with E-state index in [1.54, 1.807) is 22.3 Å². The molecule has 2 aromatic heterocycles. The highest BCUT2D eigenvalue weighted by Crippen LogP contribution is 2.22. The minimum Gasteiger partial charge on any atom is -0.477 e. The third-order valence-electron chi connectivity index (χ3n) is 2.75. The molecule has 1 N–H and O–H groups in total. The lowest BCUT2D eigenvalue weighted by atomic mass is 10.1. The highest BCUT2D eigenvalue weighted by Gasteiger charge is 2.09. The maximum atomic E-state index is 10.9. The Kier molecular flexibility index (Phi) is 2.89. The minimum absolute atomic E-state index is 0.312. The summed E-state index contributed by atoms with van der Waals surface area (Å²) in [6, 6.07) is 11.6. The van der Waals surface area contributed by atoms with Crippen molar-refractivity contribution < 1.29 is 9.90 Å². The van der Waals surface area contributed by atoms with Crippen molar-refractivity contribution in [3.63, 3.8) is 0 Å². The van der Waals surface area contributed by atoms with Gasteiger partial charge in [0.1, 0.15) is 4.88 Å². The van der Waals surface area contributed by atoms with Gasteiger partial charge in [-0.3, -0.25) is 0 Å². The first-order valence-electron chi connectivity index (χ1n) is 5.66. The topological polar surface area (TPSA) is 55.1 Å². The fourth-order valence-electron chi connectivity index (χ4n) is 1.80. The van der Waals surface area contributed by atoms with Gasteiger partial charge in [-0.15, -0.1) is 11.3 Å². The van der Waals surface area contributed by atoms with E-state index in [4.69, 9.17) is 5.11 Å². The SMILES string of the molecule is O=C(O)c1cc(-n2cc(-c3ccccc3)cn2)cs1. The number of carboxylic acids is 1. The van der Waals surface area contributed by atoms with Gasteiger partial charge in [0.15, 0.2) is 0 Å². The number of aromatic nitrogens is 2. The maximum absolute atomic E-state index is 10.9. The molecule has 0 saturated heterocycles. The van der Waals surface area contributed by atoms with E-state index in [0.717, 1.165) is 16.8 Å². The van der Waals surface area contributed by atoms with Crippen LogP contribution in [0, 0.1) is 0 Å². The van der Waals surface area contributed by atoms with Crippen LogP contribution in [0.5, 0.6) is 0 Å². The van der Waals surface area contributed by atoms with E-state index in [9.17, 15) is 4.79 Å². The summed E-state index contributed by atoms with van der Waals surface area (Å²) in [7, 11) is 0. The smallest absolute Gasteiger partial charge is 0.345 e. The number of hydrogen-bond donors (Lipinski definition) is 1. The second-order valence-electron chi connectivity index (χ2n) is 4.01. The number of rotatable bonds is 3. The van der Waals surface area contributed by atoms with E-state index >= 15 is 0 Å². The van der Waals surface area contributed by atoms with Gasteiger partial charge in [0.2, 0.25) is 0 Å². The van der Waals surface area contributed by atoms with Gasteiger partial charge < -0.3 is 5.11 Å². The fraction of sp³-hybridized carbons (Fsp3) is 0. The average molecular weight is 270 g/mol. The number of nitrogens with zero attached hydrogens (tertiary/aromatic N) is 2. The number of carbonyl (C=O) groups is 1. The van der Waals surface area contributed by atoms with Crippen LogP contribution >= 0.6 is 11.3 Å². The molecule has 4 nitrogen and oxygen atoms in total. The number of benzene rings is 1. The molecule has 0 aliphatic carbocycles. The third-order valence-corrected chi connectivity index (χ3v) is 3.66. The number of thiophene rings is 1. The maximum Gasteiger partial charge on any atom is 0.345 e. The summed E-state index contributed by atoms with van der Waals surface area (Å²) < 4.78 is 1.69. The van der Waals surface area contributed by atoms with Crippen molar-refractivity contribution in [1.82, 2.24) is 9.78 Å². The first kappa shape index (κ1) is 11.7. The van der Waals surface area contributed by atoms with Gasteiger partial charge >= 0.3 is 5.97 Å². The Bertz CT molecular complexity index is 716. The fourth-order valence-corrected chi connectivity index (χ4v) is 2.52. The lowest BCUT2D eigenvalue weighted by molar-refractivity contribution is 0.0702. The predicted octanol–water partition coefficient (Wildman–Crippen LogP) is 3.30. The molecular formula is C14H10N2O2S. The summed E-state index contributed by atoms with van der Waals surface area (Å²) in [5, 5.41) is 15.0. The molecule has 0 amide bonds. The van der Waals surface area contributed by atoms with E-state index < -0.39 is 5.97 Å². The second-order valence-corrected chi connectivity index (χ2v) is 4.93.